The summed E-state index contributed by atoms with van der Waals surface area (Å²) in [5.74, 6) is 0.610. The monoisotopic (exact) mass is 200 g/mol. The minimum atomic E-state index is -0.351. The Labute approximate surface area is 85.1 Å². The molecule has 0 radical (unpaired) electrons. The Morgan fingerprint density at radius 2 is 2.21 bits per heavy atom. The smallest absolute Gasteiger partial charge is 0.220 e. The van der Waals surface area contributed by atoms with Crippen molar-refractivity contribution in [2.75, 3.05) is 13.1 Å². The number of carbonyl (C=O) groups excluding carboxylic acids is 1. The summed E-state index contributed by atoms with van der Waals surface area (Å²) in [6.45, 7) is 5.57. The first-order valence-corrected chi connectivity index (χ1v) is 5.26. The molecular formula is C10H20N2O2. The Balaban J connectivity index is 2.11. The summed E-state index contributed by atoms with van der Waals surface area (Å²) in [6.07, 6.45) is 0.877. The topological polar surface area (TPSA) is 61.4 Å². The molecule has 1 heterocycles. The Bertz CT molecular complexity index is 191. The standard InChI is InChI=1S/C10H20N2O2/c1-7(3-8(2)13)12-10(14)4-9-5-11-6-9/h7-9,11,13H,3-6H2,1-2H3,(H,12,14). The lowest BCUT2D eigenvalue weighted by Gasteiger charge is -2.27. The summed E-state index contributed by atoms with van der Waals surface area (Å²) >= 11 is 0. The minimum absolute atomic E-state index is 0.0653. The van der Waals surface area contributed by atoms with E-state index in [-0.39, 0.29) is 18.1 Å². The Morgan fingerprint density at radius 3 is 2.64 bits per heavy atom. The lowest BCUT2D eigenvalue weighted by molar-refractivity contribution is -0.123. The van der Waals surface area contributed by atoms with Crippen molar-refractivity contribution in [1.29, 1.82) is 0 Å². The molecule has 0 aromatic heterocycles. The number of nitrogens with one attached hydrogen (secondary N) is 2. The summed E-state index contributed by atoms with van der Waals surface area (Å²) in [6, 6.07) is 0.0653. The first-order chi connectivity index (χ1) is 6.58. The van der Waals surface area contributed by atoms with Crippen molar-refractivity contribution in [2.45, 2.75) is 38.8 Å². The Morgan fingerprint density at radius 1 is 1.57 bits per heavy atom. The van der Waals surface area contributed by atoms with Crippen LogP contribution in [0.4, 0.5) is 0 Å². The van der Waals surface area contributed by atoms with E-state index in [0.29, 0.717) is 18.8 Å². The quantitative estimate of drug-likeness (QED) is 0.579. The zero-order valence-electron chi connectivity index (χ0n) is 8.92. The van der Waals surface area contributed by atoms with E-state index in [2.05, 4.69) is 10.6 Å². The van der Waals surface area contributed by atoms with E-state index < -0.39 is 0 Å². The van der Waals surface area contributed by atoms with Gasteiger partial charge >= 0.3 is 0 Å². The molecule has 0 aliphatic carbocycles. The van der Waals surface area contributed by atoms with Gasteiger partial charge in [0.1, 0.15) is 0 Å². The molecule has 1 rings (SSSR count). The van der Waals surface area contributed by atoms with Crippen molar-refractivity contribution in [1.82, 2.24) is 10.6 Å². The van der Waals surface area contributed by atoms with Gasteiger partial charge in [-0.2, -0.15) is 0 Å². The number of hydrogen-bond donors (Lipinski definition) is 3. The molecule has 0 bridgehead atoms. The van der Waals surface area contributed by atoms with Crippen LogP contribution in [0, 0.1) is 5.92 Å². The highest BCUT2D eigenvalue weighted by molar-refractivity contribution is 5.76. The maximum Gasteiger partial charge on any atom is 0.220 e. The molecule has 1 saturated heterocycles. The lowest BCUT2D eigenvalue weighted by Crippen LogP contribution is -2.45. The first kappa shape index (κ1) is 11.5. The molecule has 0 saturated carbocycles. The lowest BCUT2D eigenvalue weighted by atomic mass is 9.99. The van der Waals surface area contributed by atoms with E-state index in [9.17, 15) is 4.79 Å². The number of amides is 1. The van der Waals surface area contributed by atoms with Crippen LogP contribution in [-0.2, 0) is 4.79 Å². The van der Waals surface area contributed by atoms with Crippen LogP contribution in [0.3, 0.4) is 0 Å². The molecule has 2 atom stereocenters. The largest absolute Gasteiger partial charge is 0.393 e. The van der Waals surface area contributed by atoms with E-state index in [0.717, 1.165) is 13.1 Å². The molecule has 2 unspecified atom stereocenters. The minimum Gasteiger partial charge on any atom is -0.393 e. The summed E-state index contributed by atoms with van der Waals surface area (Å²) in [4.78, 5) is 11.4. The molecule has 3 N–H and O–H groups in total. The first-order valence-electron chi connectivity index (χ1n) is 5.26. The normalized spacial score (nSPS) is 21.1. The molecule has 0 spiro atoms. The van der Waals surface area contributed by atoms with Crippen LogP contribution in [0.5, 0.6) is 0 Å². The molecule has 82 valence electrons. The molecule has 1 aliphatic rings. The highest BCUT2D eigenvalue weighted by Crippen LogP contribution is 2.08. The second-order valence-corrected chi connectivity index (χ2v) is 4.28. The van der Waals surface area contributed by atoms with Gasteiger partial charge in [-0.15, -0.1) is 0 Å². The molecule has 1 aliphatic heterocycles. The summed E-state index contributed by atoms with van der Waals surface area (Å²) < 4.78 is 0. The second-order valence-electron chi connectivity index (χ2n) is 4.28. The Hall–Kier alpha value is -0.610. The van der Waals surface area contributed by atoms with Crippen molar-refractivity contribution in [3.05, 3.63) is 0 Å². The fourth-order valence-corrected chi connectivity index (χ4v) is 1.66. The van der Waals surface area contributed by atoms with Gasteiger partial charge in [0.05, 0.1) is 6.10 Å². The van der Waals surface area contributed by atoms with Gasteiger partial charge < -0.3 is 15.7 Å². The average molecular weight is 200 g/mol. The molecule has 1 fully saturated rings. The number of rotatable bonds is 5. The van der Waals surface area contributed by atoms with E-state index in [1.807, 2.05) is 6.92 Å². The number of hydrogen-bond acceptors (Lipinski definition) is 3. The van der Waals surface area contributed by atoms with Gasteiger partial charge in [-0.05, 0) is 39.3 Å². The second kappa shape index (κ2) is 5.32. The van der Waals surface area contributed by atoms with Crippen LogP contribution >= 0.6 is 0 Å². The van der Waals surface area contributed by atoms with Crippen LogP contribution in [0.1, 0.15) is 26.7 Å². The van der Waals surface area contributed by atoms with Gasteiger partial charge in [0.25, 0.3) is 0 Å². The SMILES string of the molecule is CC(O)CC(C)NC(=O)CC1CNC1. The molecular weight excluding hydrogens is 180 g/mol. The predicted octanol–water partition coefficient (Wildman–Crippen LogP) is -0.128. The highest BCUT2D eigenvalue weighted by Gasteiger charge is 2.20. The third-order valence-electron chi connectivity index (χ3n) is 2.44. The summed E-state index contributed by atoms with van der Waals surface area (Å²) in [5, 5.41) is 15.1. The summed E-state index contributed by atoms with van der Waals surface area (Å²) in [7, 11) is 0. The van der Waals surface area contributed by atoms with Crippen molar-refractivity contribution < 1.29 is 9.90 Å². The number of carbonyl (C=O) groups is 1. The van der Waals surface area contributed by atoms with Gasteiger partial charge in [-0.1, -0.05) is 0 Å². The zero-order valence-corrected chi connectivity index (χ0v) is 8.92. The third kappa shape index (κ3) is 4.07. The number of aliphatic hydroxyl groups excluding tert-OH is 1. The molecule has 14 heavy (non-hydrogen) atoms. The van der Waals surface area contributed by atoms with E-state index in [1.165, 1.54) is 0 Å². The van der Waals surface area contributed by atoms with Crippen LogP contribution in [0.25, 0.3) is 0 Å². The maximum absolute atomic E-state index is 11.4. The van der Waals surface area contributed by atoms with Crippen molar-refractivity contribution in [3.8, 4) is 0 Å². The van der Waals surface area contributed by atoms with Crippen LogP contribution in [0.2, 0.25) is 0 Å². The van der Waals surface area contributed by atoms with Crippen molar-refractivity contribution in [3.63, 3.8) is 0 Å². The molecule has 4 nitrogen and oxygen atoms in total. The average Bonchev–Trinajstić information content (AvgIpc) is 1.94. The third-order valence-corrected chi connectivity index (χ3v) is 2.44. The van der Waals surface area contributed by atoms with Crippen LogP contribution in [-0.4, -0.2) is 36.2 Å². The maximum atomic E-state index is 11.4. The van der Waals surface area contributed by atoms with Gasteiger partial charge in [-0.3, -0.25) is 4.79 Å². The van der Waals surface area contributed by atoms with E-state index in [1.54, 1.807) is 6.92 Å². The van der Waals surface area contributed by atoms with Gasteiger partial charge in [-0.25, -0.2) is 0 Å². The number of aliphatic hydroxyl groups is 1. The molecule has 1 amide bonds. The fraction of sp³-hybridized carbons (Fsp3) is 0.900. The van der Waals surface area contributed by atoms with Gasteiger partial charge in [0, 0.05) is 12.5 Å². The van der Waals surface area contributed by atoms with Crippen molar-refractivity contribution in [2.24, 2.45) is 5.92 Å². The summed E-state index contributed by atoms with van der Waals surface area (Å²) in [5.41, 5.74) is 0. The molecule has 4 heteroatoms. The van der Waals surface area contributed by atoms with Crippen LogP contribution < -0.4 is 10.6 Å². The van der Waals surface area contributed by atoms with Gasteiger partial charge in [0.15, 0.2) is 0 Å². The predicted molar refractivity (Wildman–Crippen MR) is 54.9 cm³/mol. The molecule has 0 aromatic carbocycles. The van der Waals surface area contributed by atoms with E-state index in [4.69, 9.17) is 5.11 Å². The fourth-order valence-electron chi connectivity index (χ4n) is 1.66. The molecule has 0 aromatic rings. The van der Waals surface area contributed by atoms with Crippen LogP contribution in [0.15, 0.2) is 0 Å². The zero-order chi connectivity index (χ0) is 10.6. The Kier molecular flexibility index (Phi) is 4.35. The van der Waals surface area contributed by atoms with E-state index >= 15 is 0 Å². The highest BCUT2D eigenvalue weighted by atomic mass is 16.3. The van der Waals surface area contributed by atoms with Crippen molar-refractivity contribution >= 4 is 5.91 Å². The van der Waals surface area contributed by atoms with Gasteiger partial charge in [0.2, 0.25) is 5.91 Å².